The van der Waals surface area contributed by atoms with Gasteiger partial charge in [-0.05, 0) is 12.5 Å². The predicted molar refractivity (Wildman–Crippen MR) is 55.6 cm³/mol. The summed E-state index contributed by atoms with van der Waals surface area (Å²) in [6.07, 6.45) is 0. The highest BCUT2D eigenvalue weighted by molar-refractivity contribution is 7.54. The van der Waals surface area contributed by atoms with Crippen LogP contribution in [0.1, 0.15) is 6.92 Å². The molecular formula is C9H18NO2P. The number of carbonyl (C=O) groups is 1. The van der Waals surface area contributed by atoms with E-state index in [1.54, 1.807) is 6.92 Å². The van der Waals surface area contributed by atoms with Crippen LogP contribution in [-0.4, -0.2) is 44.3 Å². The van der Waals surface area contributed by atoms with Crippen LogP contribution in [0.5, 0.6) is 0 Å². The molecule has 0 rings (SSSR count). The average Bonchev–Trinajstić information content (AvgIpc) is 1.95. The molecule has 0 N–H and O–H groups in total. The maximum atomic E-state index is 11.0. The van der Waals surface area contributed by atoms with Crippen molar-refractivity contribution in [2.24, 2.45) is 0 Å². The summed E-state index contributed by atoms with van der Waals surface area (Å²) in [6.45, 7) is 6.74. The van der Waals surface area contributed by atoms with Crippen molar-refractivity contribution in [2.45, 2.75) is 6.92 Å². The molecule has 0 aliphatic heterocycles. The Hall–Kier alpha value is -0.240. The number of rotatable bonds is 6. The van der Waals surface area contributed by atoms with Gasteiger partial charge < -0.3 is 22.6 Å². The van der Waals surface area contributed by atoms with Crippen molar-refractivity contribution in [3.05, 3.63) is 12.2 Å². The van der Waals surface area contributed by atoms with Crippen molar-refractivity contribution in [2.75, 3.05) is 34.3 Å². The molecule has 0 fully saturated rings. The van der Waals surface area contributed by atoms with Crippen LogP contribution in [-0.2, 0) is 9.32 Å². The Kier molecular flexibility index (Phi) is 5.38. The molecule has 0 saturated carbocycles. The average molecular weight is 203 g/mol. The largest absolute Gasteiger partial charge is 0.546 e. The SMILES string of the molecule is C=C(C)C(=O)[P-]OCC[N+](C)(C)C. The molecule has 0 heterocycles. The Morgan fingerprint density at radius 3 is 2.38 bits per heavy atom. The topological polar surface area (TPSA) is 26.3 Å². The van der Waals surface area contributed by atoms with E-state index >= 15 is 0 Å². The minimum absolute atomic E-state index is 0.0404. The van der Waals surface area contributed by atoms with Crippen LogP contribution < -0.4 is 0 Å². The van der Waals surface area contributed by atoms with E-state index in [1.807, 2.05) is 0 Å². The van der Waals surface area contributed by atoms with Gasteiger partial charge in [0.25, 0.3) is 0 Å². The standard InChI is InChI=1S/C9H18NO2P/c1-8(2)9(11)13-12-7-6-10(3,4)5/h1,6-7H2,2-5H3. The van der Waals surface area contributed by atoms with E-state index in [9.17, 15) is 4.79 Å². The van der Waals surface area contributed by atoms with E-state index in [1.165, 1.54) is 0 Å². The number of likely N-dealkylation sites (N-methyl/N-ethyl adjacent to an activating group) is 1. The molecule has 0 amide bonds. The third-order valence-corrected chi connectivity index (χ3v) is 2.23. The molecule has 0 atom stereocenters. The van der Waals surface area contributed by atoms with E-state index in [0.29, 0.717) is 21.0 Å². The van der Waals surface area contributed by atoms with Crippen LogP contribution in [0.4, 0.5) is 0 Å². The maximum Gasteiger partial charge on any atom is 0.0989 e. The fraction of sp³-hybridized carbons (Fsp3) is 0.667. The number of nitrogens with zero attached hydrogens (tertiary/aromatic N) is 1. The smallest absolute Gasteiger partial charge is 0.0989 e. The monoisotopic (exact) mass is 203 g/mol. The van der Waals surface area contributed by atoms with Gasteiger partial charge in [-0.15, -0.1) is 0 Å². The summed E-state index contributed by atoms with van der Waals surface area (Å²) in [4.78, 5) is 11.0. The van der Waals surface area contributed by atoms with Crippen molar-refractivity contribution < 1.29 is 13.8 Å². The summed E-state index contributed by atoms with van der Waals surface area (Å²) in [5.41, 5.74) is 0.508. The van der Waals surface area contributed by atoms with Gasteiger partial charge in [-0.25, -0.2) is 0 Å². The first-order chi connectivity index (χ1) is 5.83. The first kappa shape index (κ1) is 12.8. The zero-order chi connectivity index (χ0) is 10.5. The first-order valence-electron chi connectivity index (χ1n) is 4.16. The zero-order valence-electron chi connectivity index (χ0n) is 8.83. The summed E-state index contributed by atoms with van der Waals surface area (Å²) in [7, 11) is 6.65. The zero-order valence-corrected chi connectivity index (χ0v) is 9.73. The van der Waals surface area contributed by atoms with E-state index in [2.05, 4.69) is 27.7 Å². The number of hydrogen-bond acceptors (Lipinski definition) is 2. The summed E-state index contributed by atoms with van der Waals surface area (Å²) < 4.78 is 6.02. The van der Waals surface area contributed by atoms with Gasteiger partial charge >= 0.3 is 0 Å². The van der Waals surface area contributed by atoms with E-state index in [4.69, 9.17) is 4.52 Å². The Bertz CT molecular complexity index is 196. The number of carbonyl (C=O) groups excluding carboxylic acids is 1. The molecule has 0 aliphatic carbocycles. The van der Waals surface area contributed by atoms with Crippen molar-refractivity contribution >= 4 is 14.3 Å². The summed E-state index contributed by atoms with van der Waals surface area (Å²) >= 11 is 0. The van der Waals surface area contributed by atoms with Crippen molar-refractivity contribution in [1.82, 2.24) is 0 Å². The van der Waals surface area contributed by atoms with Crippen molar-refractivity contribution in [1.29, 1.82) is 0 Å². The molecule has 13 heavy (non-hydrogen) atoms. The Morgan fingerprint density at radius 1 is 1.46 bits per heavy atom. The number of hydrogen-bond donors (Lipinski definition) is 0. The van der Waals surface area contributed by atoms with E-state index in [0.717, 1.165) is 11.0 Å². The molecule has 0 bridgehead atoms. The molecule has 76 valence electrons. The highest BCUT2D eigenvalue weighted by atomic mass is 31.1. The van der Waals surface area contributed by atoms with Gasteiger partial charge in [-0.1, -0.05) is 6.58 Å². The van der Waals surface area contributed by atoms with Gasteiger partial charge in [-0.2, -0.15) is 0 Å². The normalized spacial score (nSPS) is 12.3. The van der Waals surface area contributed by atoms with Gasteiger partial charge in [0.2, 0.25) is 0 Å². The highest BCUT2D eigenvalue weighted by Gasteiger charge is 2.03. The van der Waals surface area contributed by atoms with E-state index in [-0.39, 0.29) is 5.52 Å². The summed E-state index contributed by atoms with van der Waals surface area (Å²) in [5, 5.41) is 0. The Morgan fingerprint density at radius 2 is 2.00 bits per heavy atom. The summed E-state index contributed by atoms with van der Waals surface area (Å²) in [6, 6.07) is 0. The van der Waals surface area contributed by atoms with Crippen LogP contribution in [0.25, 0.3) is 0 Å². The number of quaternary nitrogens is 1. The Balaban J connectivity index is 3.47. The second-order valence-corrected chi connectivity index (χ2v) is 4.87. The molecule has 0 radical (unpaired) electrons. The lowest BCUT2D eigenvalue weighted by Crippen LogP contribution is -2.37. The lowest BCUT2D eigenvalue weighted by Gasteiger charge is -2.26. The molecule has 0 aliphatic rings. The third kappa shape index (κ3) is 8.10. The molecule has 0 unspecified atom stereocenters. The minimum atomic E-state index is -0.0404. The maximum absolute atomic E-state index is 11.0. The van der Waals surface area contributed by atoms with Gasteiger partial charge in [0.1, 0.15) is 0 Å². The molecular weight excluding hydrogens is 185 g/mol. The van der Waals surface area contributed by atoms with Crippen LogP contribution in [0.3, 0.4) is 0 Å². The highest BCUT2D eigenvalue weighted by Crippen LogP contribution is 2.17. The first-order valence-corrected chi connectivity index (χ1v) is 4.97. The molecule has 0 spiro atoms. The summed E-state index contributed by atoms with van der Waals surface area (Å²) in [5.74, 6) is 0. The second-order valence-electron chi connectivity index (χ2n) is 4.02. The van der Waals surface area contributed by atoms with Gasteiger partial charge in [0, 0.05) is 5.52 Å². The van der Waals surface area contributed by atoms with Crippen LogP contribution in [0.15, 0.2) is 12.2 Å². The predicted octanol–water partition coefficient (Wildman–Crippen LogP) is 1.67. The van der Waals surface area contributed by atoms with Crippen LogP contribution in [0.2, 0.25) is 0 Å². The van der Waals surface area contributed by atoms with Gasteiger partial charge in [0.05, 0.1) is 34.3 Å². The molecule has 0 aromatic carbocycles. The van der Waals surface area contributed by atoms with Crippen molar-refractivity contribution in [3.8, 4) is 0 Å². The lowest BCUT2D eigenvalue weighted by molar-refractivity contribution is -0.870. The van der Waals surface area contributed by atoms with E-state index < -0.39 is 0 Å². The van der Waals surface area contributed by atoms with Gasteiger partial charge in [0.15, 0.2) is 0 Å². The molecule has 0 aromatic heterocycles. The van der Waals surface area contributed by atoms with Gasteiger partial charge in [-0.3, -0.25) is 0 Å². The van der Waals surface area contributed by atoms with Crippen LogP contribution in [0, 0.1) is 0 Å². The quantitative estimate of drug-likeness (QED) is 0.284. The molecule has 0 aromatic rings. The molecule has 4 heteroatoms. The fourth-order valence-electron chi connectivity index (χ4n) is 0.497. The van der Waals surface area contributed by atoms with Crippen molar-refractivity contribution in [3.63, 3.8) is 0 Å². The fourth-order valence-corrected chi connectivity index (χ4v) is 0.943. The number of allylic oxidation sites excluding steroid dienone is 1. The minimum Gasteiger partial charge on any atom is -0.546 e. The lowest BCUT2D eigenvalue weighted by atomic mass is 10.4. The molecule has 3 nitrogen and oxygen atoms in total. The Labute approximate surface area is 82.2 Å². The molecule has 0 saturated heterocycles. The van der Waals surface area contributed by atoms with Crippen LogP contribution >= 0.6 is 8.81 Å². The third-order valence-electron chi connectivity index (χ3n) is 1.37. The second kappa shape index (κ2) is 5.48.